The number of carboxylic acids is 1. The average molecular weight is 579 g/mol. The number of nitrogen functional groups attached to an aromatic ring is 1. The molecule has 2 amide bonds. The Hall–Kier alpha value is -4.03. The van der Waals surface area contributed by atoms with Crippen LogP contribution in [0.4, 0.5) is 10.8 Å². The van der Waals surface area contributed by atoms with Gasteiger partial charge in [-0.25, -0.2) is 9.78 Å². The van der Waals surface area contributed by atoms with Gasteiger partial charge in [0.05, 0.1) is 4.92 Å². The fourth-order valence-corrected chi connectivity index (χ4v) is 5.75. The van der Waals surface area contributed by atoms with Crippen LogP contribution >= 0.6 is 35.1 Å². The Morgan fingerprint density at radius 2 is 2.26 bits per heavy atom. The van der Waals surface area contributed by atoms with Crippen molar-refractivity contribution in [2.45, 2.75) is 23.4 Å². The van der Waals surface area contributed by atoms with Crippen molar-refractivity contribution in [1.29, 1.82) is 0 Å². The van der Waals surface area contributed by atoms with Crippen molar-refractivity contribution >= 4 is 69.4 Å². The van der Waals surface area contributed by atoms with Gasteiger partial charge in [0.15, 0.2) is 5.13 Å². The molecular weight excluding hydrogens is 560 g/mol. The summed E-state index contributed by atoms with van der Waals surface area (Å²) < 4.78 is 3.95. The first-order valence-electron chi connectivity index (χ1n) is 10.7. The number of carbonyl (C=O) groups is 3. The maximum absolute atomic E-state index is 12.9. The second-order valence-corrected chi connectivity index (χ2v) is 10.2. The molecule has 0 aromatic carbocycles. The Labute approximate surface area is 226 Å². The summed E-state index contributed by atoms with van der Waals surface area (Å²) in [5, 5.41) is 28.4. The quantitative estimate of drug-likeness (QED) is 0.119. The number of β-lactam (4-membered cyclic amide) rings is 1. The van der Waals surface area contributed by atoms with Gasteiger partial charge in [-0.3, -0.25) is 24.6 Å². The average Bonchev–Trinajstić information content (AvgIpc) is 3.32. The zero-order chi connectivity index (χ0) is 27.4. The zero-order valence-corrected chi connectivity index (χ0v) is 21.8. The number of nitrogens with two attached hydrogens (primary N) is 1. The van der Waals surface area contributed by atoms with Crippen molar-refractivity contribution in [3.05, 3.63) is 57.0 Å². The molecule has 1 unspecified atom stereocenters. The Bertz CT molecular complexity index is 1370. The van der Waals surface area contributed by atoms with Crippen LogP contribution in [-0.2, 0) is 19.2 Å². The molecule has 1 saturated heterocycles. The van der Waals surface area contributed by atoms with E-state index < -0.39 is 34.1 Å². The predicted molar refractivity (Wildman–Crippen MR) is 138 cm³/mol. The van der Waals surface area contributed by atoms with Gasteiger partial charge in [0, 0.05) is 23.4 Å². The summed E-state index contributed by atoms with van der Waals surface area (Å²) in [6.07, 6.45) is 2.67. The van der Waals surface area contributed by atoms with E-state index in [0.29, 0.717) is 10.6 Å². The normalized spacial score (nSPS) is 19.2. The number of allylic oxidation sites excluding steroid dienone is 1. The second-order valence-electron chi connectivity index (χ2n) is 7.39. The van der Waals surface area contributed by atoms with Crippen LogP contribution in [-0.4, -0.2) is 76.5 Å². The molecule has 2 aromatic heterocycles. The molecule has 0 spiro atoms. The van der Waals surface area contributed by atoms with Crippen LogP contribution in [0.15, 0.2) is 51.3 Å². The molecule has 4 N–H and O–H groups in total. The SMILES string of the molecule is CCON=C(C(=O)NC1C(=O)N2C(C(=O)O)=C(C=CSc3ccc([N+](=O)[O-])cn3)CS[C@H]12)c1nsc(N)n1. The van der Waals surface area contributed by atoms with Crippen molar-refractivity contribution in [2.75, 3.05) is 18.1 Å². The Morgan fingerprint density at radius 3 is 2.87 bits per heavy atom. The number of hydrogen-bond acceptors (Lipinski definition) is 14. The minimum absolute atomic E-state index is 0.0584. The molecule has 2 aliphatic rings. The molecule has 2 aliphatic heterocycles. The minimum Gasteiger partial charge on any atom is -0.477 e. The largest absolute Gasteiger partial charge is 0.477 e. The Kier molecular flexibility index (Phi) is 8.23. The molecule has 2 atom stereocenters. The van der Waals surface area contributed by atoms with Gasteiger partial charge in [-0.05, 0) is 30.0 Å². The smallest absolute Gasteiger partial charge is 0.352 e. The number of carboxylic acid groups (broad SMARTS) is 1. The third kappa shape index (κ3) is 5.60. The van der Waals surface area contributed by atoms with Crippen molar-refractivity contribution in [3.8, 4) is 0 Å². The number of oxime groups is 1. The van der Waals surface area contributed by atoms with Crippen LogP contribution in [0.5, 0.6) is 0 Å². The van der Waals surface area contributed by atoms with Gasteiger partial charge >= 0.3 is 5.97 Å². The third-order valence-corrected chi connectivity index (χ3v) is 7.63. The fraction of sp³-hybridized carbons (Fsp3) is 0.250. The van der Waals surface area contributed by atoms with Crippen LogP contribution in [0.1, 0.15) is 12.7 Å². The lowest BCUT2D eigenvalue weighted by Crippen LogP contribution is -2.71. The van der Waals surface area contributed by atoms with Gasteiger partial charge in [0.25, 0.3) is 17.5 Å². The molecule has 4 heterocycles. The van der Waals surface area contributed by atoms with Gasteiger partial charge < -0.3 is 21.0 Å². The van der Waals surface area contributed by atoms with E-state index in [2.05, 4.69) is 24.8 Å². The number of nitrogens with one attached hydrogen (secondary N) is 1. The molecule has 0 bridgehead atoms. The number of aromatic nitrogens is 3. The monoisotopic (exact) mass is 578 g/mol. The molecule has 38 heavy (non-hydrogen) atoms. The van der Waals surface area contributed by atoms with Crippen molar-refractivity contribution in [3.63, 3.8) is 0 Å². The Morgan fingerprint density at radius 1 is 1.47 bits per heavy atom. The molecule has 15 nitrogen and oxygen atoms in total. The van der Waals surface area contributed by atoms with Crippen LogP contribution in [0, 0.1) is 10.1 Å². The minimum atomic E-state index is -1.30. The number of amides is 2. The molecule has 4 rings (SSSR count). The van der Waals surface area contributed by atoms with E-state index in [1.165, 1.54) is 23.9 Å². The Balaban J connectivity index is 1.47. The van der Waals surface area contributed by atoms with Crippen LogP contribution in [0.25, 0.3) is 0 Å². The summed E-state index contributed by atoms with van der Waals surface area (Å²) in [6, 6.07) is 1.77. The summed E-state index contributed by atoms with van der Waals surface area (Å²) in [5.74, 6) is -2.49. The first-order chi connectivity index (χ1) is 18.2. The maximum Gasteiger partial charge on any atom is 0.352 e. The van der Waals surface area contributed by atoms with Crippen molar-refractivity contribution < 1.29 is 29.3 Å². The maximum atomic E-state index is 12.9. The van der Waals surface area contributed by atoms with E-state index in [9.17, 15) is 29.6 Å². The molecule has 18 heteroatoms. The first-order valence-corrected chi connectivity index (χ1v) is 13.4. The number of rotatable bonds is 10. The third-order valence-electron chi connectivity index (χ3n) is 5.03. The highest BCUT2D eigenvalue weighted by Gasteiger charge is 2.54. The zero-order valence-electron chi connectivity index (χ0n) is 19.3. The standard InChI is InChI=1S/C20H18N8O7S3/c1-2-35-25-12(15-24-20(21)38-26-15)16(29)23-13-17(30)27-14(19(31)32)9(8-37-18(13)27)5-6-36-11-4-3-10(7-22-11)28(33)34/h3-7,13,18H,2,8H2,1H3,(H,23,29)(H,31,32)(H2,21,24,26)/t13?,18-/m1/s1. The fourth-order valence-electron chi connectivity index (χ4n) is 3.36. The topological polar surface area (TPSA) is 216 Å². The lowest BCUT2D eigenvalue weighted by Gasteiger charge is -2.49. The van der Waals surface area contributed by atoms with Crippen LogP contribution < -0.4 is 11.1 Å². The molecule has 0 aliphatic carbocycles. The number of thioether (sulfide) groups is 2. The predicted octanol–water partition coefficient (Wildman–Crippen LogP) is 1.21. The second kappa shape index (κ2) is 11.6. The molecule has 0 saturated carbocycles. The highest BCUT2D eigenvalue weighted by atomic mass is 32.2. The van der Waals surface area contributed by atoms with E-state index in [1.807, 2.05) is 0 Å². The number of pyridine rings is 1. The van der Waals surface area contributed by atoms with Gasteiger partial charge in [-0.2, -0.15) is 9.36 Å². The van der Waals surface area contributed by atoms with Crippen LogP contribution in [0.2, 0.25) is 0 Å². The van der Waals surface area contributed by atoms with E-state index in [0.717, 1.165) is 34.4 Å². The highest BCUT2D eigenvalue weighted by molar-refractivity contribution is 8.02. The molecular formula is C20H18N8O7S3. The summed E-state index contributed by atoms with van der Waals surface area (Å²) in [6.45, 7) is 1.84. The van der Waals surface area contributed by atoms with Crippen molar-refractivity contribution in [1.82, 2.24) is 24.6 Å². The van der Waals surface area contributed by atoms with E-state index in [4.69, 9.17) is 10.6 Å². The van der Waals surface area contributed by atoms with Gasteiger partial charge in [-0.15, -0.1) is 11.8 Å². The first kappa shape index (κ1) is 27.0. The molecule has 198 valence electrons. The van der Waals surface area contributed by atoms with Crippen LogP contribution in [0.3, 0.4) is 0 Å². The number of carbonyl (C=O) groups excluding carboxylic acids is 2. The van der Waals surface area contributed by atoms with Gasteiger partial charge in [0.2, 0.25) is 11.5 Å². The number of fused-ring (bicyclic) bond motifs is 1. The molecule has 0 radical (unpaired) electrons. The highest BCUT2D eigenvalue weighted by Crippen LogP contribution is 2.41. The van der Waals surface area contributed by atoms with Crippen molar-refractivity contribution in [2.24, 2.45) is 5.16 Å². The number of aliphatic carboxylic acids is 1. The summed E-state index contributed by atoms with van der Waals surface area (Å²) in [7, 11) is 0. The lowest BCUT2D eigenvalue weighted by molar-refractivity contribution is -0.385. The summed E-state index contributed by atoms with van der Waals surface area (Å²) in [4.78, 5) is 62.1. The van der Waals surface area contributed by atoms with Gasteiger partial charge in [0.1, 0.15) is 34.9 Å². The number of nitrogens with zero attached hydrogens (tertiary/aromatic N) is 6. The number of anilines is 1. The molecule has 1 fully saturated rings. The van der Waals surface area contributed by atoms with E-state index in [1.54, 1.807) is 18.4 Å². The number of hydrogen-bond donors (Lipinski definition) is 3. The van der Waals surface area contributed by atoms with E-state index in [-0.39, 0.29) is 40.4 Å². The van der Waals surface area contributed by atoms with Gasteiger partial charge in [-0.1, -0.05) is 16.9 Å². The summed E-state index contributed by atoms with van der Waals surface area (Å²) >= 11 is 3.27. The van der Waals surface area contributed by atoms with E-state index >= 15 is 0 Å². The number of nitro groups is 1. The summed E-state index contributed by atoms with van der Waals surface area (Å²) in [5.41, 5.74) is 5.36. The lowest BCUT2D eigenvalue weighted by atomic mass is 10.0. The molecule has 2 aromatic rings.